The molecule has 8 aliphatic carbocycles. The first-order valence-corrected chi connectivity index (χ1v) is 41.8. The molecule has 0 aromatic heterocycles. The number of ether oxygens (including phenoxy) is 12. The van der Waals surface area contributed by atoms with Crippen molar-refractivity contribution in [3.63, 3.8) is 0 Å². The molecule has 9 unspecified atom stereocenters. The first kappa shape index (κ1) is 86.3. The van der Waals surface area contributed by atoms with Crippen LogP contribution >= 0.6 is 23.5 Å². The fourth-order valence-electron chi connectivity index (χ4n) is 18.8. The van der Waals surface area contributed by atoms with Gasteiger partial charge in [0.25, 0.3) is 0 Å². The molecular weight excluding hydrogens is 1390 g/mol. The third-order valence-corrected chi connectivity index (χ3v) is 27.0. The van der Waals surface area contributed by atoms with Crippen molar-refractivity contribution in [2.24, 2.45) is 52.8 Å². The van der Waals surface area contributed by atoms with E-state index < -0.39 is 68.1 Å². The van der Waals surface area contributed by atoms with Gasteiger partial charge in [-0.25, -0.2) is 6.57 Å². The van der Waals surface area contributed by atoms with Crippen LogP contribution < -0.4 is 9.47 Å². The van der Waals surface area contributed by atoms with E-state index in [9.17, 15) is 29.2 Å². The zero-order valence-corrected chi connectivity index (χ0v) is 67.4. The summed E-state index contributed by atoms with van der Waals surface area (Å²) in [6, 6.07) is 17.0. The van der Waals surface area contributed by atoms with E-state index in [1.807, 2.05) is 65.1 Å². The van der Waals surface area contributed by atoms with Gasteiger partial charge in [0.1, 0.15) is 45.4 Å². The number of carbonyl (C=O) groups excluding carboxylic acids is 6. The monoisotopic (exact) mass is 1510 g/mol. The second-order valence-electron chi connectivity index (χ2n) is 32.4. The quantitative estimate of drug-likeness (QED) is 0.0149. The standard InChI is InChI=1S/C84H124N2O18S2/c1-15-18-32-93-58(6)94-33-19-40-106-82(12,78(92)104-84(17-3)71-47-63-42-64(49-71)50-72(84)48-63)54-68(66-22-26-74(27-23-66)102-57(5)88)52-80(10,86-13)31-29-76(90)100-39-37-98-60(8)96-35-34-95-59(7)97-36-38-99-75(89)28-30-79(9,55-85)51-67(65-20-24-73(25-21-65)101-56(4)87)53-81(11,105-14)77(91)103-83(16-2)69-43-61-41-62(45-69)46-70(83)44-61/h20-27,58-64,67-72H,15-19,28-54H2,1-12,14H3. The maximum Gasteiger partial charge on any atom is 0.322 e. The van der Waals surface area contributed by atoms with E-state index in [2.05, 4.69) is 31.7 Å². The molecule has 8 bridgehead atoms. The van der Waals surface area contributed by atoms with Crippen LogP contribution in [0, 0.1) is 70.7 Å². The van der Waals surface area contributed by atoms with Gasteiger partial charge in [-0.05, 0) is 264 Å². The molecule has 106 heavy (non-hydrogen) atoms. The van der Waals surface area contributed by atoms with E-state index in [0.717, 1.165) is 100 Å². The van der Waals surface area contributed by atoms with Gasteiger partial charge in [-0.1, -0.05) is 51.5 Å². The molecule has 0 spiro atoms. The summed E-state index contributed by atoms with van der Waals surface area (Å²) < 4.78 is 68.9. The maximum atomic E-state index is 15.3. The number of benzene rings is 2. The number of esters is 6. The predicted molar refractivity (Wildman–Crippen MR) is 407 cm³/mol. The summed E-state index contributed by atoms with van der Waals surface area (Å²) >= 11 is 3.05. The van der Waals surface area contributed by atoms with Gasteiger partial charge in [-0.15, -0.1) is 23.5 Å². The first-order chi connectivity index (χ1) is 50.5. The number of nitriles is 1. The van der Waals surface area contributed by atoms with E-state index in [1.165, 1.54) is 38.5 Å². The lowest BCUT2D eigenvalue weighted by atomic mass is 9.49. The largest absolute Gasteiger partial charge is 0.463 e. The van der Waals surface area contributed by atoms with E-state index in [-0.39, 0.29) is 95.4 Å². The van der Waals surface area contributed by atoms with Gasteiger partial charge in [0.15, 0.2) is 18.9 Å². The second-order valence-corrected chi connectivity index (χ2v) is 35.3. The van der Waals surface area contributed by atoms with Crippen LogP contribution in [0.1, 0.15) is 254 Å². The number of carbonyl (C=O) groups is 6. The Morgan fingerprint density at radius 1 is 0.528 bits per heavy atom. The van der Waals surface area contributed by atoms with Crippen molar-refractivity contribution in [3.8, 4) is 17.6 Å². The Bertz CT molecular complexity index is 3210. The molecule has 0 saturated heterocycles. The third-order valence-electron chi connectivity index (χ3n) is 24.3. The molecule has 8 saturated carbocycles. The third kappa shape index (κ3) is 23.9. The van der Waals surface area contributed by atoms with E-state index >= 15 is 4.79 Å². The van der Waals surface area contributed by atoms with Crippen molar-refractivity contribution in [3.05, 3.63) is 71.1 Å². The molecule has 0 heterocycles. The lowest BCUT2D eigenvalue weighted by Gasteiger charge is -2.60. The Kier molecular flexibility index (Phi) is 32.6. The molecule has 9 atom stereocenters. The Morgan fingerprint density at radius 2 is 0.906 bits per heavy atom. The van der Waals surface area contributed by atoms with E-state index in [4.69, 9.17) is 63.4 Å². The zero-order valence-electron chi connectivity index (χ0n) is 65.8. The fraction of sp³-hybridized carbons (Fsp3) is 0.762. The summed E-state index contributed by atoms with van der Waals surface area (Å²) in [6.07, 6.45) is 17.8. The molecule has 10 rings (SSSR count). The van der Waals surface area contributed by atoms with Crippen LogP contribution in [-0.2, 0) is 76.1 Å². The summed E-state index contributed by atoms with van der Waals surface area (Å²) in [4.78, 5) is 84.5. The SMILES string of the molecule is [C-]#[N+]C(C)(CCC(=O)OCCOC(C)OCCOC(C)OCCOC(=O)CCC(C)(C#N)CC(CC(C)(SC)C(=O)OC1(CC)C2CC3CC(C2)CC1C3)c1ccc(OC(C)=O)cc1)CC(CC(C)(SCCCOC(C)OCCCC)C(=O)OC1(CC)C2CC3CC(C2)CC1C3)c1ccc(OC(C)=O)cc1. The number of rotatable bonds is 48. The van der Waals surface area contributed by atoms with Gasteiger partial charge < -0.3 is 61.7 Å². The Hall–Kier alpha value is -5.30. The van der Waals surface area contributed by atoms with Gasteiger partial charge in [0, 0.05) is 46.6 Å². The Balaban J connectivity index is 0.755. The Morgan fingerprint density at radius 3 is 1.29 bits per heavy atom. The van der Waals surface area contributed by atoms with Crippen LogP contribution in [-0.4, -0.2) is 146 Å². The number of unbranched alkanes of at least 4 members (excludes halogenated alkanes) is 1. The molecule has 0 radical (unpaired) electrons. The minimum Gasteiger partial charge on any atom is -0.463 e. The van der Waals surface area contributed by atoms with Crippen LogP contribution in [0.3, 0.4) is 0 Å². The summed E-state index contributed by atoms with van der Waals surface area (Å²) in [5, 5.41) is 10.7. The summed E-state index contributed by atoms with van der Waals surface area (Å²) in [6.45, 7) is 32.2. The molecule has 8 aliphatic rings. The zero-order chi connectivity index (χ0) is 76.9. The summed E-state index contributed by atoms with van der Waals surface area (Å²) in [5.74, 6) is 2.79. The highest BCUT2D eigenvalue weighted by molar-refractivity contribution is 8.01. The van der Waals surface area contributed by atoms with Crippen molar-refractivity contribution in [1.29, 1.82) is 5.26 Å². The normalized spacial score (nSPS) is 26.9. The van der Waals surface area contributed by atoms with Crippen molar-refractivity contribution in [2.45, 2.75) is 288 Å². The van der Waals surface area contributed by atoms with Gasteiger partial charge in [-0.2, -0.15) is 5.26 Å². The Labute approximate surface area is 640 Å². The highest BCUT2D eigenvalue weighted by atomic mass is 32.2. The molecule has 8 fully saturated rings. The summed E-state index contributed by atoms with van der Waals surface area (Å²) in [7, 11) is 0. The molecule has 22 heteroatoms. The van der Waals surface area contributed by atoms with Crippen LogP contribution in [0.25, 0.3) is 4.85 Å². The van der Waals surface area contributed by atoms with Gasteiger partial charge in [0.2, 0.25) is 5.54 Å². The molecule has 590 valence electrons. The van der Waals surface area contributed by atoms with Crippen molar-refractivity contribution in [1.82, 2.24) is 0 Å². The van der Waals surface area contributed by atoms with Gasteiger partial charge in [-0.3, -0.25) is 28.8 Å². The lowest BCUT2D eigenvalue weighted by molar-refractivity contribution is -0.213. The minimum atomic E-state index is -1.04. The maximum absolute atomic E-state index is 15.3. The smallest absolute Gasteiger partial charge is 0.322 e. The van der Waals surface area contributed by atoms with E-state index in [0.29, 0.717) is 98.1 Å². The number of thioether (sulfide) groups is 2. The molecule has 0 aliphatic heterocycles. The van der Waals surface area contributed by atoms with Crippen molar-refractivity contribution >= 4 is 59.3 Å². The number of hydrogen-bond donors (Lipinski definition) is 0. The van der Waals surface area contributed by atoms with Crippen LogP contribution in [0.2, 0.25) is 0 Å². The fourth-order valence-corrected chi connectivity index (χ4v) is 20.6. The van der Waals surface area contributed by atoms with Crippen molar-refractivity contribution < 1.29 is 85.6 Å². The van der Waals surface area contributed by atoms with Crippen LogP contribution in [0.5, 0.6) is 11.5 Å². The van der Waals surface area contributed by atoms with Crippen molar-refractivity contribution in [2.75, 3.05) is 64.9 Å². The van der Waals surface area contributed by atoms with Gasteiger partial charge in [0.05, 0.1) is 50.9 Å². The van der Waals surface area contributed by atoms with E-state index in [1.54, 1.807) is 49.9 Å². The van der Waals surface area contributed by atoms with Gasteiger partial charge >= 0.3 is 35.8 Å². The van der Waals surface area contributed by atoms with Crippen LogP contribution in [0.4, 0.5) is 0 Å². The molecule has 0 amide bonds. The topological polar surface area (TPSA) is 241 Å². The summed E-state index contributed by atoms with van der Waals surface area (Å²) in [5.41, 5.74) is -1.24. The number of nitrogens with zero attached hydrogens (tertiary/aromatic N) is 2. The molecular formula is C84H124N2O18S2. The second kappa shape index (κ2) is 40.1. The van der Waals surface area contributed by atoms with Crippen LogP contribution in [0.15, 0.2) is 48.5 Å². The average molecular weight is 1510 g/mol. The molecule has 2 aromatic rings. The highest BCUT2D eigenvalue weighted by Gasteiger charge is 2.61. The highest BCUT2D eigenvalue weighted by Crippen LogP contribution is 2.63. The number of hydrogen-bond acceptors (Lipinski definition) is 21. The average Bonchev–Trinajstić information content (AvgIpc) is 0.731. The predicted octanol–water partition coefficient (Wildman–Crippen LogP) is 17.1. The molecule has 2 aromatic carbocycles. The first-order valence-electron chi connectivity index (χ1n) is 39.6. The molecule has 0 N–H and O–H groups in total. The lowest BCUT2D eigenvalue weighted by Crippen LogP contribution is -2.60. The molecule has 20 nitrogen and oxygen atoms in total. The minimum absolute atomic E-state index is 0.0141.